The predicted molar refractivity (Wildman–Crippen MR) is 114 cm³/mol. The van der Waals surface area contributed by atoms with Crippen LogP contribution in [-0.4, -0.2) is 28.0 Å². The van der Waals surface area contributed by atoms with Crippen molar-refractivity contribution in [3.63, 3.8) is 0 Å². The molecule has 0 saturated carbocycles. The van der Waals surface area contributed by atoms with Crippen molar-refractivity contribution in [1.82, 2.24) is 9.55 Å². The molecule has 5 nitrogen and oxygen atoms in total. The van der Waals surface area contributed by atoms with E-state index in [1.165, 1.54) is 11.3 Å². The van der Waals surface area contributed by atoms with Crippen LogP contribution in [0.15, 0.2) is 52.5 Å². The van der Waals surface area contributed by atoms with E-state index in [0.29, 0.717) is 5.92 Å². The van der Waals surface area contributed by atoms with Gasteiger partial charge in [-0.25, -0.2) is 4.98 Å². The summed E-state index contributed by atoms with van der Waals surface area (Å²) in [5, 5.41) is 9.41. The number of rotatable bonds is 5. The molecule has 1 aliphatic heterocycles. The maximum Gasteiger partial charge on any atom is 0.223 e. The molecular weight excluding hydrogens is 382 g/mol. The van der Waals surface area contributed by atoms with E-state index in [1.54, 1.807) is 24.2 Å². The van der Waals surface area contributed by atoms with Crippen molar-refractivity contribution in [1.29, 1.82) is 0 Å². The standard InChI is InChI=1S/C23H30N3O2S/c1-23(2,3)15-22-24-20-14-19(29-18-6-10-25(27)11-7-18)4-5-21(20)26(22)16-17-8-12-28-13-9-17/h4-7,10-11,14,17,27H,8-9,12-13,15-16H2,1-3H3/q+1. The summed E-state index contributed by atoms with van der Waals surface area (Å²) in [6.07, 6.45) is 6.50. The second-order valence-corrected chi connectivity index (χ2v) is 10.2. The average molecular weight is 413 g/mol. The second-order valence-electron chi connectivity index (χ2n) is 9.10. The van der Waals surface area contributed by atoms with Gasteiger partial charge in [-0.2, -0.15) is 0 Å². The van der Waals surface area contributed by atoms with E-state index < -0.39 is 0 Å². The third-order valence-corrected chi connectivity index (χ3v) is 6.29. The largest absolute Gasteiger partial charge is 0.381 e. The van der Waals surface area contributed by atoms with Gasteiger partial charge < -0.3 is 9.30 Å². The van der Waals surface area contributed by atoms with Crippen LogP contribution in [0.3, 0.4) is 0 Å². The van der Waals surface area contributed by atoms with Crippen molar-refractivity contribution in [3.8, 4) is 0 Å². The highest BCUT2D eigenvalue weighted by atomic mass is 32.2. The molecule has 29 heavy (non-hydrogen) atoms. The number of hydrogen-bond acceptors (Lipinski definition) is 4. The van der Waals surface area contributed by atoms with Crippen molar-refractivity contribution < 1.29 is 14.7 Å². The molecule has 4 rings (SSSR count). The minimum absolute atomic E-state index is 0.191. The summed E-state index contributed by atoms with van der Waals surface area (Å²) in [6.45, 7) is 9.59. The lowest BCUT2D eigenvalue weighted by molar-refractivity contribution is -0.905. The molecule has 0 spiro atoms. The van der Waals surface area contributed by atoms with Crippen LogP contribution in [0.25, 0.3) is 11.0 Å². The van der Waals surface area contributed by atoms with Crippen molar-refractivity contribution in [2.24, 2.45) is 11.3 Å². The van der Waals surface area contributed by atoms with Crippen molar-refractivity contribution in [2.75, 3.05) is 13.2 Å². The quantitative estimate of drug-likeness (QED) is 0.486. The number of ether oxygens (including phenoxy) is 1. The fourth-order valence-corrected chi connectivity index (χ4v) is 4.67. The van der Waals surface area contributed by atoms with E-state index >= 15 is 0 Å². The molecule has 0 atom stereocenters. The van der Waals surface area contributed by atoms with E-state index in [-0.39, 0.29) is 5.41 Å². The highest BCUT2D eigenvalue weighted by Gasteiger charge is 2.22. The van der Waals surface area contributed by atoms with Crippen molar-refractivity contribution in [3.05, 3.63) is 48.5 Å². The fraction of sp³-hybridized carbons (Fsp3) is 0.478. The van der Waals surface area contributed by atoms with E-state index in [0.717, 1.165) is 59.1 Å². The van der Waals surface area contributed by atoms with Crippen LogP contribution >= 0.6 is 11.8 Å². The second kappa shape index (κ2) is 8.36. The first-order valence-corrected chi connectivity index (χ1v) is 11.1. The Bertz CT molecular complexity index is 970. The molecule has 0 amide bonds. The molecular formula is C23H30N3O2S+. The minimum atomic E-state index is 0.191. The summed E-state index contributed by atoms with van der Waals surface area (Å²) in [6, 6.07) is 10.4. The molecule has 1 aromatic carbocycles. The zero-order chi connectivity index (χ0) is 20.4. The van der Waals surface area contributed by atoms with Crippen LogP contribution in [0.5, 0.6) is 0 Å². The van der Waals surface area contributed by atoms with Gasteiger partial charge in [-0.05, 0) is 42.4 Å². The van der Waals surface area contributed by atoms with Crippen molar-refractivity contribution >= 4 is 22.8 Å². The number of benzene rings is 1. The topological polar surface area (TPSA) is 51.2 Å². The maximum absolute atomic E-state index is 9.41. The zero-order valence-corrected chi connectivity index (χ0v) is 18.3. The predicted octanol–water partition coefficient (Wildman–Crippen LogP) is 4.73. The molecule has 3 heterocycles. The monoisotopic (exact) mass is 412 g/mol. The number of fused-ring (bicyclic) bond motifs is 1. The molecule has 1 fully saturated rings. The summed E-state index contributed by atoms with van der Waals surface area (Å²) in [4.78, 5) is 7.30. The summed E-state index contributed by atoms with van der Waals surface area (Å²) in [7, 11) is 0. The Hall–Kier alpha value is -2.05. The smallest absolute Gasteiger partial charge is 0.223 e. The highest BCUT2D eigenvalue weighted by molar-refractivity contribution is 7.99. The molecule has 0 aliphatic carbocycles. The summed E-state index contributed by atoms with van der Waals surface area (Å²) in [5.74, 6) is 1.84. The first-order valence-electron chi connectivity index (χ1n) is 10.3. The zero-order valence-electron chi connectivity index (χ0n) is 17.5. The van der Waals surface area contributed by atoms with E-state index in [2.05, 4.69) is 43.5 Å². The molecule has 1 saturated heterocycles. The van der Waals surface area contributed by atoms with E-state index in [9.17, 15) is 5.21 Å². The third-order valence-electron chi connectivity index (χ3n) is 5.29. The van der Waals surface area contributed by atoms with Crippen LogP contribution in [0.1, 0.15) is 39.4 Å². The normalized spacial score (nSPS) is 15.8. The van der Waals surface area contributed by atoms with E-state index in [1.807, 2.05) is 12.1 Å². The Morgan fingerprint density at radius 3 is 2.55 bits per heavy atom. The number of aromatic nitrogens is 3. The average Bonchev–Trinajstić information content (AvgIpc) is 2.99. The molecule has 154 valence electrons. The van der Waals surface area contributed by atoms with Gasteiger partial charge in [0.15, 0.2) is 0 Å². The number of imidazole rings is 1. The Morgan fingerprint density at radius 2 is 1.86 bits per heavy atom. The maximum atomic E-state index is 9.41. The molecule has 2 aromatic heterocycles. The Balaban J connectivity index is 1.65. The molecule has 1 N–H and O–H groups in total. The molecule has 1 aliphatic rings. The molecule has 0 bridgehead atoms. The van der Waals surface area contributed by atoms with Gasteiger partial charge in [0.2, 0.25) is 12.4 Å². The van der Waals surface area contributed by atoms with Crippen LogP contribution in [-0.2, 0) is 17.7 Å². The van der Waals surface area contributed by atoms with Crippen LogP contribution < -0.4 is 4.73 Å². The number of nitrogens with zero attached hydrogens (tertiary/aromatic N) is 3. The molecule has 0 radical (unpaired) electrons. The van der Waals surface area contributed by atoms with Gasteiger partial charge in [-0.15, -0.1) is 0 Å². The Morgan fingerprint density at radius 1 is 1.14 bits per heavy atom. The van der Waals surface area contributed by atoms with Gasteiger partial charge in [-0.1, -0.05) is 32.5 Å². The SMILES string of the molecule is CC(C)(C)Cc1nc2cc(Sc3cc[n+](O)cc3)ccc2n1CC1CCOCC1. The molecule has 0 unspecified atom stereocenters. The third kappa shape index (κ3) is 5.11. The van der Waals surface area contributed by atoms with Crippen molar-refractivity contribution in [2.45, 2.75) is 56.4 Å². The number of hydrogen-bond donors (Lipinski definition) is 1. The lowest BCUT2D eigenvalue weighted by Crippen LogP contribution is -2.27. The summed E-state index contributed by atoms with van der Waals surface area (Å²) >= 11 is 1.68. The first-order chi connectivity index (χ1) is 13.9. The highest BCUT2D eigenvalue weighted by Crippen LogP contribution is 2.32. The van der Waals surface area contributed by atoms with Crippen LogP contribution in [0.2, 0.25) is 0 Å². The minimum Gasteiger partial charge on any atom is -0.381 e. The van der Waals surface area contributed by atoms with E-state index in [4.69, 9.17) is 9.72 Å². The summed E-state index contributed by atoms with van der Waals surface area (Å²) < 4.78 is 9.06. The number of pyridine rings is 1. The molecule has 6 heteroatoms. The fourth-order valence-electron chi connectivity index (χ4n) is 3.83. The van der Waals surface area contributed by atoms with Gasteiger partial charge in [0.1, 0.15) is 5.82 Å². The van der Waals surface area contributed by atoms with Gasteiger partial charge in [0, 0.05) is 52.8 Å². The first kappa shape index (κ1) is 20.2. The van der Waals surface area contributed by atoms with Crippen LogP contribution in [0.4, 0.5) is 0 Å². The Kier molecular flexibility index (Phi) is 5.83. The Labute approximate surface area is 176 Å². The lowest BCUT2D eigenvalue weighted by atomic mass is 9.91. The van der Waals surface area contributed by atoms with Gasteiger partial charge in [-0.3, -0.25) is 5.21 Å². The van der Waals surface area contributed by atoms with Gasteiger partial charge in [0.25, 0.3) is 0 Å². The van der Waals surface area contributed by atoms with Crippen LogP contribution in [0, 0.1) is 11.3 Å². The van der Waals surface area contributed by atoms with Gasteiger partial charge >= 0.3 is 0 Å². The molecule has 3 aromatic rings. The lowest BCUT2D eigenvalue weighted by Gasteiger charge is -2.25. The summed E-state index contributed by atoms with van der Waals surface area (Å²) in [5.41, 5.74) is 2.48. The van der Waals surface area contributed by atoms with Gasteiger partial charge in [0.05, 0.1) is 11.0 Å².